The Balaban J connectivity index is 2.96. The van der Waals surface area contributed by atoms with Gasteiger partial charge in [0.1, 0.15) is 5.76 Å². The number of aryl methyl sites for hydroxylation is 1. The average molecular weight is 196 g/mol. The molecule has 1 aromatic heterocycles. The topological polar surface area (TPSA) is 56.5 Å². The van der Waals surface area contributed by atoms with Gasteiger partial charge in [0.25, 0.3) is 0 Å². The first-order valence-electron chi connectivity index (χ1n) is 4.34. The number of furan rings is 1. The molecule has 1 aromatic rings. The molecule has 76 valence electrons. The van der Waals surface area contributed by atoms with Gasteiger partial charge in [0.05, 0.1) is 12.2 Å². The van der Waals surface area contributed by atoms with Crippen molar-refractivity contribution in [1.82, 2.24) is 0 Å². The first-order valence-corrected chi connectivity index (χ1v) is 4.34. The number of carbonyl (C=O) groups is 2. The van der Waals surface area contributed by atoms with Crippen molar-refractivity contribution in [2.24, 2.45) is 0 Å². The Kier molecular flexibility index (Phi) is 3.06. The summed E-state index contributed by atoms with van der Waals surface area (Å²) in [7, 11) is 0. The van der Waals surface area contributed by atoms with Gasteiger partial charge in [0.2, 0.25) is 5.76 Å². The largest absolute Gasteiger partial charge is 0.460 e. The quantitative estimate of drug-likeness (QED) is 0.547. The van der Waals surface area contributed by atoms with E-state index in [9.17, 15) is 9.59 Å². The van der Waals surface area contributed by atoms with Gasteiger partial charge in [-0.1, -0.05) is 0 Å². The summed E-state index contributed by atoms with van der Waals surface area (Å²) >= 11 is 0. The highest BCUT2D eigenvalue weighted by Crippen LogP contribution is 2.15. The third-order valence-electron chi connectivity index (χ3n) is 1.77. The molecule has 0 aromatic carbocycles. The normalized spacial score (nSPS) is 9.93. The molecule has 0 atom stereocenters. The van der Waals surface area contributed by atoms with Crippen LogP contribution < -0.4 is 0 Å². The van der Waals surface area contributed by atoms with Crippen molar-refractivity contribution in [2.75, 3.05) is 6.61 Å². The summed E-state index contributed by atoms with van der Waals surface area (Å²) < 4.78 is 9.83. The van der Waals surface area contributed by atoms with Crippen LogP contribution in [-0.4, -0.2) is 18.4 Å². The zero-order valence-electron chi connectivity index (χ0n) is 8.42. The van der Waals surface area contributed by atoms with E-state index in [1.54, 1.807) is 13.8 Å². The maximum Gasteiger partial charge on any atom is 0.374 e. The Morgan fingerprint density at radius 2 is 2.14 bits per heavy atom. The van der Waals surface area contributed by atoms with E-state index < -0.39 is 5.97 Å². The van der Waals surface area contributed by atoms with Crippen molar-refractivity contribution >= 4 is 11.8 Å². The van der Waals surface area contributed by atoms with E-state index in [-0.39, 0.29) is 18.2 Å². The van der Waals surface area contributed by atoms with Crippen LogP contribution in [0.25, 0.3) is 0 Å². The SMILES string of the molecule is CCOC(=O)c1cc(C(C)=O)c(C)o1. The van der Waals surface area contributed by atoms with Gasteiger partial charge in [0, 0.05) is 6.07 Å². The van der Waals surface area contributed by atoms with Crippen LogP contribution in [-0.2, 0) is 4.74 Å². The van der Waals surface area contributed by atoms with E-state index in [0.717, 1.165) is 0 Å². The lowest BCUT2D eigenvalue weighted by atomic mass is 10.2. The summed E-state index contributed by atoms with van der Waals surface area (Å²) in [6, 6.07) is 1.41. The predicted molar refractivity (Wildman–Crippen MR) is 49.4 cm³/mol. The Hall–Kier alpha value is -1.58. The highest BCUT2D eigenvalue weighted by Gasteiger charge is 2.17. The number of Topliss-reactive ketones (excluding diaryl/α,β-unsaturated/α-hetero) is 1. The van der Waals surface area contributed by atoms with Crippen molar-refractivity contribution in [1.29, 1.82) is 0 Å². The van der Waals surface area contributed by atoms with Crippen LogP contribution in [0.3, 0.4) is 0 Å². The molecule has 0 aliphatic heterocycles. The first kappa shape index (κ1) is 10.5. The summed E-state index contributed by atoms with van der Waals surface area (Å²) in [5, 5.41) is 0. The smallest absolute Gasteiger partial charge is 0.374 e. The number of esters is 1. The lowest BCUT2D eigenvalue weighted by Gasteiger charge is -1.95. The number of hydrogen-bond donors (Lipinski definition) is 0. The number of ether oxygens (including phenoxy) is 1. The molecule has 0 saturated heterocycles. The lowest BCUT2D eigenvalue weighted by Crippen LogP contribution is -2.02. The zero-order valence-corrected chi connectivity index (χ0v) is 8.42. The van der Waals surface area contributed by atoms with Gasteiger partial charge >= 0.3 is 5.97 Å². The molecular weight excluding hydrogens is 184 g/mol. The second-order valence-corrected chi connectivity index (χ2v) is 2.86. The molecule has 1 rings (SSSR count). The average Bonchev–Trinajstić information content (AvgIpc) is 2.48. The van der Waals surface area contributed by atoms with Crippen molar-refractivity contribution in [3.63, 3.8) is 0 Å². The van der Waals surface area contributed by atoms with Crippen molar-refractivity contribution in [3.05, 3.63) is 23.2 Å². The maximum atomic E-state index is 11.2. The van der Waals surface area contributed by atoms with E-state index in [2.05, 4.69) is 0 Å². The molecule has 0 aliphatic rings. The van der Waals surface area contributed by atoms with Gasteiger partial charge in [0.15, 0.2) is 5.78 Å². The van der Waals surface area contributed by atoms with Crippen LogP contribution in [0.15, 0.2) is 10.5 Å². The van der Waals surface area contributed by atoms with E-state index in [4.69, 9.17) is 9.15 Å². The molecule has 0 amide bonds. The van der Waals surface area contributed by atoms with Gasteiger partial charge in [-0.05, 0) is 20.8 Å². The van der Waals surface area contributed by atoms with Crippen LogP contribution in [0.4, 0.5) is 0 Å². The number of ketones is 1. The first-order chi connectivity index (χ1) is 6.56. The van der Waals surface area contributed by atoms with Crippen LogP contribution >= 0.6 is 0 Å². The molecule has 0 saturated carbocycles. The van der Waals surface area contributed by atoms with Gasteiger partial charge in [-0.3, -0.25) is 4.79 Å². The third kappa shape index (κ3) is 2.02. The number of rotatable bonds is 3. The molecule has 0 bridgehead atoms. The second kappa shape index (κ2) is 4.09. The molecule has 1 heterocycles. The summed E-state index contributed by atoms with van der Waals surface area (Å²) in [6.07, 6.45) is 0. The lowest BCUT2D eigenvalue weighted by molar-refractivity contribution is 0.0488. The Morgan fingerprint density at radius 1 is 1.50 bits per heavy atom. The summed E-state index contributed by atoms with van der Waals surface area (Å²) in [5.41, 5.74) is 0.424. The Labute approximate surface area is 81.9 Å². The molecule has 0 aliphatic carbocycles. The molecule has 0 spiro atoms. The molecule has 0 fully saturated rings. The standard InChI is InChI=1S/C10H12O4/c1-4-13-10(12)9-5-8(6(2)11)7(3)14-9/h5H,4H2,1-3H3. The van der Waals surface area contributed by atoms with Gasteiger partial charge in [-0.2, -0.15) is 0 Å². The molecule has 0 unspecified atom stereocenters. The monoisotopic (exact) mass is 196 g/mol. The fourth-order valence-corrected chi connectivity index (χ4v) is 1.13. The van der Waals surface area contributed by atoms with Gasteiger partial charge < -0.3 is 9.15 Å². The van der Waals surface area contributed by atoms with E-state index in [1.807, 2.05) is 0 Å². The van der Waals surface area contributed by atoms with Gasteiger partial charge in [-0.25, -0.2) is 4.79 Å². The Bertz CT molecular complexity index is 362. The van der Waals surface area contributed by atoms with Crippen molar-refractivity contribution < 1.29 is 18.7 Å². The molecule has 4 heteroatoms. The molecule has 14 heavy (non-hydrogen) atoms. The van der Waals surface area contributed by atoms with Crippen molar-refractivity contribution in [2.45, 2.75) is 20.8 Å². The van der Waals surface area contributed by atoms with Crippen LogP contribution in [0.1, 0.15) is 40.5 Å². The summed E-state index contributed by atoms with van der Waals surface area (Å²) in [5.74, 6) is -0.139. The molecule has 0 N–H and O–H groups in total. The number of hydrogen-bond acceptors (Lipinski definition) is 4. The highest BCUT2D eigenvalue weighted by atomic mass is 16.5. The predicted octanol–water partition coefficient (Wildman–Crippen LogP) is 1.97. The van der Waals surface area contributed by atoms with Crippen molar-refractivity contribution in [3.8, 4) is 0 Å². The second-order valence-electron chi connectivity index (χ2n) is 2.86. The maximum absolute atomic E-state index is 11.2. The van der Waals surface area contributed by atoms with E-state index in [0.29, 0.717) is 11.3 Å². The molecular formula is C10H12O4. The van der Waals surface area contributed by atoms with E-state index in [1.165, 1.54) is 13.0 Å². The summed E-state index contributed by atoms with van der Waals surface area (Å²) in [6.45, 7) is 5.06. The summed E-state index contributed by atoms with van der Waals surface area (Å²) in [4.78, 5) is 22.3. The Morgan fingerprint density at radius 3 is 2.57 bits per heavy atom. The number of carbonyl (C=O) groups excluding carboxylic acids is 2. The fourth-order valence-electron chi connectivity index (χ4n) is 1.13. The van der Waals surface area contributed by atoms with Gasteiger partial charge in [-0.15, -0.1) is 0 Å². The fraction of sp³-hybridized carbons (Fsp3) is 0.400. The third-order valence-corrected chi connectivity index (χ3v) is 1.77. The minimum atomic E-state index is -0.539. The minimum absolute atomic E-state index is 0.0783. The van der Waals surface area contributed by atoms with Crippen LogP contribution in [0, 0.1) is 6.92 Å². The molecule has 4 nitrogen and oxygen atoms in total. The molecule has 0 radical (unpaired) electrons. The minimum Gasteiger partial charge on any atom is -0.460 e. The van der Waals surface area contributed by atoms with E-state index >= 15 is 0 Å². The van der Waals surface area contributed by atoms with Crippen LogP contribution in [0.5, 0.6) is 0 Å². The highest BCUT2D eigenvalue weighted by molar-refractivity contribution is 5.97. The van der Waals surface area contributed by atoms with Crippen LogP contribution in [0.2, 0.25) is 0 Å². The zero-order chi connectivity index (χ0) is 10.7.